The molecule has 6 rings (SSSR count). The molecule has 0 bridgehead atoms. The van der Waals surface area contributed by atoms with E-state index in [1.165, 1.54) is 11.3 Å². The van der Waals surface area contributed by atoms with E-state index in [0.29, 0.717) is 50.2 Å². The molecule has 1 amide bonds. The van der Waals surface area contributed by atoms with Crippen molar-refractivity contribution in [1.82, 2.24) is 5.32 Å². The van der Waals surface area contributed by atoms with Gasteiger partial charge in [-0.15, -0.1) is 11.3 Å². The number of thiophene rings is 1. The molecule has 0 saturated heterocycles. The van der Waals surface area contributed by atoms with Crippen LogP contribution in [-0.2, 0) is 10.3 Å². The highest BCUT2D eigenvalue weighted by Crippen LogP contribution is 2.49. The van der Waals surface area contributed by atoms with E-state index in [1.54, 1.807) is 12.1 Å². The van der Waals surface area contributed by atoms with Gasteiger partial charge in [0, 0.05) is 16.6 Å². The molecule has 4 atom stereocenters. The monoisotopic (exact) mass is 512 g/mol. The lowest BCUT2D eigenvalue weighted by Crippen LogP contribution is -2.52. The van der Waals surface area contributed by atoms with Gasteiger partial charge in [0.15, 0.2) is 5.78 Å². The zero-order valence-electron chi connectivity index (χ0n) is 20.1. The van der Waals surface area contributed by atoms with Crippen molar-refractivity contribution in [3.8, 4) is 11.1 Å². The van der Waals surface area contributed by atoms with Gasteiger partial charge in [-0.2, -0.15) is 0 Å². The van der Waals surface area contributed by atoms with Crippen LogP contribution in [0.4, 0.5) is 5.69 Å². The molecular weight excluding hydrogens is 484 g/mol. The summed E-state index contributed by atoms with van der Waals surface area (Å²) in [4.78, 5) is 27.7. The van der Waals surface area contributed by atoms with Crippen molar-refractivity contribution in [1.29, 1.82) is 0 Å². The summed E-state index contributed by atoms with van der Waals surface area (Å²) in [5, 5.41) is 13.8. The molecule has 188 valence electrons. The van der Waals surface area contributed by atoms with Crippen LogP contribution in [0, 0.1) is 0 Å². The number of anilines is 1. The quantitative estimate of drug-likeness (QED) is 0.264. The van der Waals surface area contributed by atoms with Crippen LogP contribution in [0.15, 0.2) is 66.7 Å². The average Bonchev–Trinajstić information content (AvgIpc) is 3.52. The number of hydrogen-bond donors (Lipinski definition) is 5. The molecule has 2 aliphatic carbocycles. The Balaban J connectivity index is 1.52. The summed E-state index contributed by atoms with van der Waals surface area (Å²) in [7, 11) is 0. The van der Waals surface area contributed by atoms with Crippen molar-refractivity contribution in [2.24, 2.45) is 11.5 Å². The predicted octanol–water partition coefficient (Wildman–Crippen LogP) is 3.58. The molecule has 8 N–H and O–H groups in total. The lowest BCUT2D eigenvalue weighted by Gasteiger charge is -2.36. The van der Waals surface area contributed by atoms with E-state index < -0.39 is 17.7 Å². The number of rotatable bonds is 4. The van der Waals surface area contributed by atoms with Gasteiger partial charge in [0.1, 0.15) is 5.54 Å². The number of ketones is 1. The van der Waals surface area contributed by atoms with E-state index in [-0.39, 0.29) is 17.7 Å². The Bertz CT molecular complexity index is 1550. The summed E-state index contributed by atoms with van der Waals surface area (Å²) in [6.45, 7) is 0. The summed E-state index contributed by atoms with van der Waals surface area (Å²) in [5.74, 6) is -0.740. The summed E-state index contributed by atoms with van der Waals surface area (Å²) in [6, 6.07) is 19.6. The average molecular weight is 513 g/mol. The number of amides is 1. The molecule has 37 heavy (non-hydrogen) atoms. The SMILES string of the molecule is Nc1ccc2c3c(c(C(=O)N[C@@H]4CCC[C@H]4O)sc13)C(N)C(=O)C2(N)c1cccc(-c2ccccc2)c1. The molecule has 1 fully saturated rings. The summed E-state index contributed by atoms with van der Waals surface area (Å²) in [5.41, 5.74) is 22.5. The molecule has 1 saturated carbocycles. The molecule has 0 spiro atoms. The van der Waals surface area contributed by atoms with Gasteiger partial charge in [0.05, 0.1) is 27.8 Å². The second-order valence-corrected chi connectivity index (χ2v) is 10.9. The highest BCUT2D eigenvalue weighted by molar-refractivity contribution is 7.21. The Labute approximate surface area is 218 Å². The first kappa shape index (κ1) is 23.8. The number of nitrogen functional groups attached to an aromatic ring is 1. The molecule has 2 aliphatic rings. The molecule has 4 aromatic rings. The lowest BCUT2D eigenvalue weighted by atomic mass is 9.70. The van der Waals surface area contributed by atoms with Gasteiger partial charge in [0.2, 0.25) is 0 Å². The van der Waals surface area contributed by atoms with Gasteiger partial charge in [-0.05, 0) is 53.6 Å². The van der Waals surface area contributed by atoms with Crippen LogP contribution in [0.5, 0.6) is 0 Å². The summed E-state index contributed by atoms with van der Waals surface area (Å²) in [6.07, 6.45) is 1.61. The third-order valence-corrected chi connectivity index (χ3v) is 8.99. The first-order valence-corrected chi connectivity index (χ1v) is 13.2. The number of carbonyl (C=O) groups is 2. The van der Waals surface area contributed by atoms with Gasteiger partial charge in [-0.1, -0.05) is 54.6 Å². The van der Waals surface area contributed by atoms with Gasteiger partial charge in [-0.3, -0.25) is 9.59 Å². The molecule has 8 heteroatoms. The van der Waals surface area contributed by atoms with E-state index in [9.17, 15) is 14.7 Å². The van der Waals surface area contributed by atoms with E-state index in [0.717, 1.165) is 17.5 Å². The molecule has 2 unspecified atom stereocenters. The number of nitrogens with one attached hydrogen (secondary N) is 1. The zero-order valence-corrected chi connectivity index (χ0v) is 20.9. The Morgan fingerprint density at radius 3 is 2.51 bits per heavy atom. The summed E-state index contributed by atoms with van der Waals surface area (Å²) < 4.78 is 0.682. The van der Waals surface area contributed by atoms with E-state index in [2.05, 4.69) is 5.32 Å². The van der Waals surface area contributed by atoms with Crippen LogP contribution in [-0.4, -0.2) is 28.9 Å². The maximum atomic E-state index is 14.0. The maximum absolute atomic E-state index is 14.0. The molecular formula is C29H28N4O3S. The Morgan fingerprint density at radius 2 is 1.78 bits per heavy atom. The Hall–Kier alpha value is -3.56. The maximum Gasteiger partial charge on any atom is 0.262 e. The van der Waals surface area contributed by atoms with Gasteiger partial charge in [-0.25, -0.2) is 0 Å². The number of benzene rings is 3. The molecule has 7 nitrogen and oxygen atoms in total. The minimum atomic E-state index is -1.51. The fourth-order valence-electron chi connectivity index (χ4n) is 5.77. The van der Waals surface area contributed by atoms with Crippen molar-refractivity contribution in [2.45, 2.75) is 43.0 Å². The van der Waals surface area contributed by atoms with Crippen LogP contribution < -0.4 is 22.5 Å². The predicted molar refractivity (Wildman–Crippen MR) is 146 cm³/mol. The van der Waals surface area contributed by atoms with Crippen LogP contribution in [0.1, 0.15) is 51.7 Å². The van der Waals surface area contributed by atoms with Crippen LogP contribution >= 0.6 is 11.3 Å². The van der Waals surface area contributed by atoms with Gasteiger partial charge < -0.3 is 27.6 Å². The minimum absolute atomic E-state index is 0.327. The summed E-state index contributed by atoms with van der Waals surface area (Å²) >= 11 is 1.22. The fourth-order valence-corrected chi connectivity index (χ4v) is 6.97. The van der Waals surface area contributed by atoms with Crippen LogP contribution in [0.2, 0.25) is 0 Å². The van der Waals surface area contributed by atoms with Crippen molar-refractivity contribution in [3.63, 3.8) is 0 Å². The number of nitrogens with two attached hydrogens (primary N) is 3. The molecule has 3 aromatic carbocycles. The number of hydrogen-bond acceptors (Lipinski definition) is 7. The molecule has 1 aromatic heterocycles. The van der Waals surface area contributed by atoms with Crippen molar-refractivity contribution in [2.75, 3.05) is 5.73 Å². The zero-order chi connectivity index (χ0) is 25.9. The van der Waals surface area contributed by atoms with Crippen LogP contribution in [0.3, 0.4) is 0 Å². The van der Waals surface area contributed by atoms with Gasteiger partial charge in [0.25, 0.3) is 5.91 Å². The molecule has 0 radical (unpaired) electrons. The number of carbonyl (C=O) groups excluding carboxylic acids is 2. The van der Waals surface area contributed by atoms with E-state index >= 15 is 0 Å². The smallest absolute Gasteiger partial charge is 0.262 e. The minimum Gasteiger partial charge on any atom is -0.398 e. The van der Waals surface area contributed by atoms with Crippen LogP contribution in [0.25, 0.3) is 21.2 Å². The van der Waals surface area contributed by atoms with Crippen molar-refractivity contribution < 1.29 is 14.7 Å². The molecule has 1 heterocycles. The third-order valence-electron chi connectivity index (χ3n) is 7.74. The number of aliphatic hydroxyl groups excluding tert-OH is 1. The largest absolute Gasteiger partial charge is 0.398 e. The topological polar surface area (TPSA) is 144 Å². The van der Waals surface area contributed by atoms with Crippen molar-refractivity contribution >= 4 is 38.8 Å². The number of aliphatic hydroxyl groups is 1. The second kappa shape index (κ2) is 8.78. The first-order chi connectivity index (χ1) is 17.8. The fraction of sp³-hybridized carbons (Fsp3) is 0.241. The Kier molecular flexibility index (Phi) is 5.65. The Morgan fingerprint density at radius 1 is 1.03 bits per heavy atom. The number of Topliss-reactive ketones (excluding diaryl/α,β-unsaturated/α-hetero) is 1. The third kappa shape index (κ3) is 3.59. The van der Waals surface area contributed by atoms with E-state index in [4.69, 9.17) is 17.2 Å². The second-order valence-electron chi connectivity index (χ2n) is 9.93. The van der Waals surface area contributed by atoms with Crippen molar-refractivity contribution in [3.05, 3.63) is 88.3 Å². The highest BCUT2D eigenvalue weighted by atomic mass is 32.1. The van der Waals surface area contributed by atoms with Gasteiger partial charge >= 0.3 is 0 Å². The highest BCUT2D eigenvalue weighted by Gasteiger charge is 2.49. The standard InChI is InChI=1S/C29H28N4O3S/c30-19-13-12-18-22-23(26(37-25(19)22)28(36)33-20-10-5-11-21(20)34)24(31)27(35)29(18,32)17-9-4-8-16(14-17)15-6-2-1-3-7-15/h1-4,6-9,12-14,20-21,24,34H,5,10-11,30-32H2,(H,33,36)/t20-,21-,24?,29?/m1/s1. The lowest BCUT2D eigenvalue weighted by molar-refractivity contribution is -0.124. The molecule has 0 aliphatic heterocycles. The normalized spacial score (nSPS) is 24.9. The first-order valence-electron chi connectivity index (χ1n) is 12.4. The van der Waals surface area contributed by atoms with E-state index in [1.807, 2.05) is 54.6 Å².